The predicted molar refractivity (Wildman–Crippen MR) is 86.4 cm³/mol. The highest BCUT2D eigenvalue weighted by Crippen LogP contribution is 2.19. The Bertz CT molecular complexity index is 660. The van der Waals surface area contributed by atoms with Gasteiger partial charge in [-0.2, -0.15) is 0 Å². The van der Waals surface area contributed by atoms with E-state index in [1.54, 1.807) is 11.1 Å². The summed E-state index contributed by atoms with van der Waals surface area (Å²) in [6.45, 7) is 2.65. The average molecular weight is 313 g/mol. The maximum Gasteiger partial charge on any atom is 0.253 e. The lowest BCUT2D eigenvalue weighted by molar-refractivity contribution is 0.0735. The minimum absolute atomic E-state index is 0.0572. The molecule has 1 saturated heterocycles. The molecule has 0 spiro atoms. The molecule has 0 bridgehead atoms. The molecule has 4 nitrogen and oxygen atoms in total. The Morgan fingerprint density at radius 1 is 1.35 bits per heavy atom. The molecule has 1 unspecified atom stereocenters. The molecule has 1 atom stereocenters. The number of amides is 1. The highest BCUT2D eigenvalue weighted by atomic mass is 19.1. The third-order valence-corrected chi connectivity index (χ3v) is 4.34. The maximum atomic E-state index is 13.0. The lowest BCUT2D eigenvalue weighted by Gasteiger charge is -2.25. The number of hydrogen-bond donors (Lipinski definition) is 0. The third-order valence-electron chi connectivity index (χ3n) is 4.34. The summed E-state index contributed by atoms with van der Waals surface area (Å²) < 4.78 is 13.0. The molecule has 0 aliphatic carbocycles. The second-order valence-electron chi connectivity index (χ2n) is 5.96. The largest absolute Gasteiger partial charge is 0.337 e. The first-order valence-corrected chi connectivity index (χ1v) is 7.77. The fourth-order valence-electron chi connectivity index (χ4n) is 2.98. The summed E-state index contributed by atoms with van der Waals surface area (Å²) in [5, 5.41) is 0. The fourth-order valence-corrected chi connectivity index (χ4v) is 2.98. The minimum atomic E-state index is -0.326. The van der Waals surface area contributed by atoms with Crippen LogP contribution in [0.5, 0.6) is 0 Å². The molecule has 3 rings (SSSR count). The number of halogens is 1. The van der Waals surface area contributed by atoms with Gasteiger partial charge in [0.1, 0.15) is 5.82 Å². The monoisotopic (exact) mass is 313 g/mol. The first-order chi connectivity index (χ1) is 11.1. The van der Waals surface area contributed by atoms with Crippen LogP contribution in [-0.2, 0) is 6.54 Å². The van der Waals surface area contributed by atoms with Crippen molar-refractivity contribution in [1.82, 2.24) is 14.8 Å². The summed E-state index contributed by atoms with van der Waals surface area (Å²) in [5.74, 6) is -0.383. The van der Waals surface area contributed by atoms with Gasteiger partial charge in [0, 0.05) is 50.7 Å². The quantitative estimate of drug-likeness (QED) is 0.870. The van der Waals surface area contributed by atoms with Gasteiger partial charge in [-0.3, -0.25) is 14.7 Å². The first kappa shape index (κ1) is 15.6. The molecule has 0 saturated carbocycles. The van der Waals surface area contributed by atoms with E-state index in [0.29, 0.717) is 5.56 Å². The Kier molecular flexibility index (Phi) is 4.67. The zero-order valence-electron chi connectivity index (χ0n) is 13.2. The van der Waals surface area contributed by atoms with Crippen LogP contribution in [0.2, 0.25) is 0 Å². The average Bonchev–Trinajstić information content (AvgIpc) is 3.03. The van der Waals surface area contributed by atoms with Crippen LogP contribution < -0.4 is 0 Å². The number of likely N-dealkylation sites (tertiary alicyclic amines) is 1. The SMILES string of the molecule is CN(C(=O)c1ccc(F)cc1)C1CCN(Cc2cccnc2)C1. The van der Waals surface area contributed by atoms with Gasteiger partial charge in [0.15, 0.2) is 0 Å². The summed E-state index contributed by atoms with van der Waals surface area (Å²) in [6, 6.07) is 9.91. The van der Waals surface area contributed by atoms with E-state index in [9.17, 15) is 9.18 Å². The molecule has 1 aliphatic heterocycles. The van der Waals surface area contributed by atoms with Crippen molar-refractivity contribution in [3.63, 3.8) is 0 Å². The number of carbonyl (C=O) groups is 1. The summed E-state index contributed by atoms with van der Waals surface area (Å²) in [7, 11) is 1.82. The van der Waals surface area contributed by atoms with Crippen molar-refractivity contribution >= 4 is 5.91 Å². The second kappa shape index (κ2) is 6.87. The minimum Gasteiger partial charge on any atom is -0.337 e. The Balaban J connectivity index is 1.59. The molecule has 2 heterocycles. The lowest BCUT2D eigenvalue weighted by Crippen LogP contribution is -2.38. The first-order valence-electron chi connectivity index (χ1n) is 7.77. The number of nitrogens with zero attached hydrogens (tertiary/aromatic N) is 3. The Labute approximate surface area is 135 Å². The highest BCUT2D eigenvalue weighted by molar-refractivity contribution is 5.94. The van der Waals surface area contributed by atoms with Crippen LogP contribution in [0.25, 0.3) is 0 Å². The van der Waals surface area contributed by atoms with Gasteiger partial charge in [0.05, 0.1) is 0 Å². The molecular formula is C18H20FN3O. The molecule has 1 aliphatic rings. The van der Waals surface area contributed by atoms with Gasteiger partial charge < -0.3 is 4.90 Å². The smallest absolute Gasteiger partial charge is 0.253 e. The summed E-state index contributed by atoms with van der Waals surface area (Å²) >= 11 is 0. The molecular weight excluding hydrogens is 293 g/mol. The van der Waals surface area contributed by atoms with E-state index >= 15 is 0 Å². The van der Waals surface area contributed by atoms with Crippen molar-refractivity contribution in [3.8, 4) is 0 Å². The van der Waals surface area contributed by atoms with Gasteiger partial charge in [0.2, 0.25) is 0 Å². The van der Waals surface area contributed by atoms with Gasteiger partial charge >= 0.3 is 0 Å². The number of carbonyl (C=O) groups excluding carboxylic acids is 1. The normalized spacial score (nSPS) is 18.1. The molecule has 0 radical (unpaired) electrons. The Morgan fingerprint density at radius 2 is 2.13 bits per heavy atom. The predicted octanol–water partition coefficient (Wildman–Crippen LogP) is 2.57. The van der Waals surface area contributed by atoms with E-state index < -0.39 is 0 Å². The second-order valence-corrected chi connectivity index (χ2v) is 5.96. The topological polar surface area (TPSA) is 36.4 Å². The number of benzene rings is 1. The molecule has 2 aromatic rings. The molecule has 5 heteroatoms. The van der Waals surface area contributed by atoms with Crippen molar-refractivity contribution in [2.24, 2.45) is 0 Å². The lowest BCUT2D eigenvalue weighted by atomic mass is 10.1. The van der Waals surface area contributed by atoms with Crippen LogP contribution in [-0.4, -0.2) is 46.9 Å². The Morgan fingerprint density at radius 3 is 2.83 bits per heavy atom. The van der Waals surface area contributed by atoms with E-state index in [1.165, 1.54) is 29.8 Å². The number of aromatic nitrogens is 1. The summed E-state index contributed by atoms with van der Waals surface area (Å²) in [5.41, 5.74) is 1.71. The zero-order valence-corrected chi connectivity index (χ0v) is 13.2. The fraction of sp³-hybridized carbons (Fsp3) is 0.333. The molecule has 1 amide bonds. The van der Waals surface area contributed by atoms with Crippen molar-refractivity contribution in [1.29, 1.82) is 0 Å². The van der Waals surface area contributed by atoms with Gasteiger partial charge in [-0.25, -0.2) is 4.39 Å². The maximum absolute atomic E-state index is 13.0. The van der Waals surface area contributed by atoms with Crippen LogP contribution in [0, 0.1) is 5.82 Å². The summed E-state index contributed by atoms with van der Waals surface area (Å²) in [6.07, 6.45) is 4.59. The highest BCUT2D eigenvalue weighted by Gasteiger charge is 2.28. The van der Waals surface area contributed by atoms with Crippen LogP contribution >= 0.6 is 0 Å². The van der Waals surface area contributed by atoms with Crippen molar-refractivity contribution in [2.75, 3.05) is 20.1 Å². The van der Waals surface area contributed by atoms with E-state index in [-0.39, 0.29) is 17.8 Å². The molecule has 1 aromatic heterocycles. The number of hydrogen-bond acceptors (Lipinski definition) is 3. The van der Waals surface area contributed by atoms with E-state index in [0.717, 1.165) is 26.1 Å². The van der Waals surface area contributed by atoms with Crippen LogP contribution in [0.4, 0.5) is 4.39 Å². The van der Waals surface area contributed by atoms with Gasteiger partial charge in [0.25, 0.3) is 5.91 Å². The third kappa shape index (κ3) is 3.74. The molecule has 0 N–H and O–H groups in total. The van der Waals surface area contributed by atoms with Crippen LogP contribution in [0.3, 0.4) is 0 Å². The van der Waals surface area contributed by atoms with Gasteiger partial charge in [-0.15, -0.1) is 0 Å². The Hall–Kier alpha value is -2.27. The molecule has 23 heavy (non-hydrogen) atoms. The van der Waals surface area contributed by atoms with Crippen LogP contribution in [0.1, 0.15) is 22.3 Å². The van der Waals surface area contributed by atoms with E-state index in [2.05, 4.69) is 16.0 Å². The molecule has 120 valence electrons. The molecule has 1 aromatic carbocycles. The summed E-state index contributed by atoms with van der Waals surface area (Å²) in [4.78, 5) is 20.7. The van der Waals surface area contributed by atoms with Gasteiger partial charge in [-0.1, -0.05) is 6.07 Å². The zero-order chi connectivity index (χ0) is 16.2. The van der Waals surface area contributed by atoms with Crippen molar-refractivity contribution < 1.29 is 9.18 Å². The standard InChI is InChI=1S/C18H20FN3O/c1-21(18(23)15-4-6-16(19)7-5-15)17-8-10-22(13-17)12-14-3-2-9-20-11-14/h2-7,9,11,17H,8,10,12-13H2,1H3. The number of rotatable bonds is 4. The number of pyridine rings is 1. The molecule has 1 fully saturated rings. The van der Waals surface area contributed by atoms with Crippen LogP contribution in [0.15, 0.2) is 48.8 Å². The van der Waals surface area contributed by atoms with Crippen molar-refractivity contribution in [3.05, 3.63) is 65.7 Å². The van der Waals surface area contributed by atoms with E-state index in [4.69, 9.17) is 0 Å². The number of likely N-dealkylation sites (N-methyl/N-ethyl adjacent to an activating group) is 1. The van der Waals surface area contributed by atoms with Gasteiger partial charge in [-0.05, 0) is 42.3 Å². The van der Waals surface area contributed by atoms with Crippen molar-refractivity contribution in [2.45, 2.75) is 19.0 Å². The van der Waals surface area contributed by atoms with E-state index in [1.807, 2.05) is 19.3 Å².